The average Bonchev–Trinajstić information content (AvgIpc) is 3.16. The number of unbranched alkanes of at least 4 members (excludes halogenated alkanes) is 1. The molecule has 0 unspecified atom stereocenters. The number of hydrogen-bond acceptors (Lipinski definition) is 4. The van der Waals surface area contributed by atoms with Crippen molar-refractivity contribution < 1.29 is 18.0 Å². The fourth-order valence-electron chi connectivity index (χ4n) is 2.82. The van der Waals surface area contributed by atoms with Crippen molar-refractivity contribution in [1.82, 2.24) is 20.1 Å². The number of alkyl halides is 3. The monoisotopic (exact) mass is 468 g/mol. The third kappa shape index (κ3) is 5.80. The number of nitrogens with one attached hydrogen (secondary N) is 1. The minimum atomic E-state index is -4.50. The number of amides is 1. The van der Waals surface area contributed by atoms with Crippen LogP contribution < -0.4 is 5.32 Å². The number of nitrogens with zero attached hydrogens (tertiary/aromatic N) is 3. The summed E-state index contributed by atoms with van der Waals surface area (Å²) < 4.78 is 41.3. The summed E-state index contributed by atoms with van der Waals surface area (Å²) in [7, 11) is 0. The summed E-state index contributed by atoms with van der Waals surface area (Å²) in [5, 5.41) is 11.8. The second kappa shape index (κ2) is 10.2. The van der Waals surface area contributed by atoms with Crippen molar-refractivity contribution in [3.8, 4) is 17.1 Å². The third-order valence-electron chi connectivity index (χ3n) is 4.36. The Hall–Kier alpha value is -2.52. The van der Waals surface area contributed by atoms with Crippen LogP contribution in [-0.2, 0) is 11.0 Å². The molecule has 0 atom stereocenters. The molecule has 3 aromatic rings. The minimum Gasteiger partial charge on any atom is -0.355 e. The van der Waals surface area contributed by atoms with Gasteiger partial charge < -0.3 is 5.32 Å². The van der Waals surface area contributed by atoms with Gasteiger partial charge in [-0.05, 0) is 36.8 Å². The Kier molecular flexibility index (Phi) is 7.61. The highest BCUT2D eigenvalue weighted by molar-refractivity contribution is 7.99. The summed E-state index contributed by atoms with van der Waals surface area (Å²) in [6.07, 6.45) is -2.67. The molecule has 0 aliphatic carbocycles. The molecule has 5 nitrogen and oxygen atoms in total. The van der Waals surface area contributed by atoms with E-state index in [4.69, 9.17) is 11.6 Å². The minimum absolute atomic E-state index is 0.0589. The normalized spacial score (nSPS) is 11.5. The Balaban J connectivity index is 1.99. The molecule has 0 aliphatic heterocycles. The molecular formula is C21H20ClF3N4OS. The largest absolute Gasteiger partial charge is 0.416 e. The molecule has 1 aromatic heterocycles. The van der Waals surface area contributed by atoms with Crippen molar-refractivity contribution in [3.63, 3.8) is 0 Å². The summed E-state index contributed by atoms with van der Waals surface area (Å²) in [5.74, 6) is 0.165. The van der Waals surface area contributed by atoms with Crippen LogP contribution in [0.3, 0.4) is 0 Å². The molecule has 0 saturated heterocycles. The Labute approximate surface area is 187 Å². The first-order chi connectivity index (χ1) is 14.8. The topological polar surface area (TPSA) is 59.8 Å². The maximum atomic E-state index is 13.3. The first kappa shape index (κ1) is 23.1. The molecule has 1 N–H and O–H groups in total. The first-order valence-corrected chi connectivity index (χ1v) is 10.9. The molecule has 10 heteroatoms. The second-order valence-corrected chi connectivity index (χ2v) is 8.01. The molecule has 164 valence electrons. The maximum absolute atomic E-state index is 13.3. The molecule has 31 heavy (non-hydrogen) atoms. The molecule has 0 saturated carbocycles. The van der Waals surface area contributed by atoms with Gasteiger partial charge in [0, 0.05) is 12.1 Å². The Morgan fingerprint density at radius 1 is 1.16 bits per heavy atom. The zero-order valence-electron chi connectivity index (χ0n) is 16.6. The zero-order chi connectivity index (χ0) is 22.4. The molecule has 0 bridgehead atoms. The van der Waals surface area contributed by atoms with E-state index in [1.54, 1.807) is 24.3 Å². The van der Waals surface area contributed by atoms with E-state index in [-0.39, 0.29) is 17.3 Å². The molecule has 3 rings (SSSR count). The Morgan fingerprint density at radius 2 is 1.94 bits per heavy atom. The van der Waals surface area contributed by atoms with Crippen molar-refractivity contribution in [2.24, 2.45) is 0 Å². The smallest absolute Gasteiger partial charge is 0.355 e. The Morgan fingerprint density at radius 3 is 2.65 bits per heavy atom. The van der Waals surface area contributed by atoms with Gasteiger partial charge in [-0.3, -0.25) is 9.36 Å². The van der Waals surface area contributed by atoms with Crippen molar-refractivity contribution >= 4 is 29.3 Å². The number of benzene rings is 2. The summed E-state index contributed by atoms with van der Waals surface area (Å²) in [6.45, 7) is 2.59. The first-order valence-electron chi connectivity index (χ1n) is 9.58. The van der Waals surface area contributed by atoms with Crippen LogP contribution in [0.2, 0.25) is 5.02 Å². The predicted molar refractivity (Wildman–Crippen MR) is 115 cm³/mol. The van der Waals surface area contributed by atoms with Gasteiger partial charge in [-0.2, -0.15) is 13.2 Å². The third-order valence-corrected chi connectivity index (χ3v) is 5.62. The van der Waals surface area contributed by atoms with Gasteiger partial charge in [-0.1, -0.05) is 54.9 Å². The highest BCUT2D eigenvalue weighted by atomic mass is 35.5. The van der Waals surface area contributed by atoms with Crippen LogP contribution in [0.1, 0.15) is 25.3 Å². The van der Waals surface area contributed by atoms with Crippen molar-refractivity contribution in [1.29, 1.82) is 0 Å². The van der Waals surface area contributed by atoms with Gasteiger partial charge in [-0.25, -0.2) is 0 Å². The van der Waals surface area contributed by atoms with E-state index in [2.05, 4.69) is 15.5 Å². The fraction of sp³-hybridized carbons (Fsp3) is 0.286. The van der Waals surface area contributed by atoms with Crippen molar-refractivity contribution in [2.75, 3.05) is 12.3 Å². The van der Waals surface area contributed by atoms with E-state index < -0.39 is 11.7 Å². The van der Waals surface area contributed by atoms with Crippen LogP contribution in [-0.4, -0.2) is 33.0 Å². The van der Waals surface area contributed by atoms with Crippen LogP contribution in [0.15, 0.2) is 53.7 Å². The van der Waals surface area contributed by atoms with Gasteiger partial charge in [0.1, 0.15) is 0 Å². The van der Waals surface area contributed by atoms with E-state index in [1.165, 1.54) is 16.7 Å². The van der Waals surface area contributed by atoms with Crippen LogP contribution in [0, 0.1) is 0 Å². The van der Waals surface area contributed by atoms with E-state index in [1.807, 2.05) is 6.92 Å². The molecule has 0 radical (unpaired) electrons. The highest BCUT2D eigenvalue weighted by Crippen LogP contribution is 2.34. The number of carbonyl (C=O) groups is 1. The number of halogens is 4. The lowest BCUT2D eigenvalue weighted by atomic mass is 10.1. The Bertz CT molecular complexity index is 1060. The molecular weight excluding hydrogens is 449 g/mol. The van der Waals surface area contributed by atoms with Gasteiger partial charge in [0.15, 0.2) is 11.0 Å². The van der Waals surface area contributed by atoms with Crippen LogP contribution in [0.25, 0.3) is 17.1 Å². The molecule has 0 aliphatic rings. The summed E-state index contributed by atoms with van der Waals surface area (Å²) in [6, 6.07) is 11.7. The highest BCUT2D eigenvalue weighted by Gasteiger charge is 2.31. The van der Waals surface area contributed by atoms with Gasteiger partial charge in [0.05, 0.1) is 22.0 Å². The van der Waals surface area contributed by atoms with Gasteiger partial charge in [0.2, 0.25) is 5.91 Å². The van der Waals surface area contributed by atoms with Gasteiger partial charge >= 0.3 is 6.18 Å². The second-order valence-electron chi connectivity index (χ2n) is 6.66. The standard InChI is InChI=1S/C21H20ClF3N4OS/c1-2-3-11-26-18(30)13-31-20-28-27-19(16-9-4-5-10-17(16)22)29(20)15-8-6-7-14(12-15)21(23,24)25/h4-10,12H,2-3,11,13H2,1H3,(H,26,30). The van der Waals surface area contributed by atoms with E-state index in [0.717, 1.165) is 36.7 Å². The van der Waals surface area contributed by atoms with E-state index in [0.29, 0.717) is 28.1 Å². The van der Waals surface area contributed by atoms with Crippen molar-refractivity contribution in [3.05, 3.63) is 59.1 Å². The lowest BCUT2D eigenvalue weighted by Crippen LogP contribution is -2.26. The molecule has 0 spiro atoms. The fourth-order valence-corrected chi connectivity index (χ4v) is 3.82. The molecule has 2 aromatic carbocycles. The van der Waals surface area contributed by atoms with Crippen molar-refractivity contribution in [2.45, 2.75) is 31.1 Å². The number of hydrogen-bond donors (Lipinski definition) is 1. The van der Waals surface area contributed by atoms with E-state index >= 15 is 0 Å². The van der Waals surface area contributed by atoms with E-state index in [9.17, 15) is 18.0 Å². The molecule has 1 amide bonds. The molecule has 0 fully saturated rings. The summed E-state index contributed by atoms with van der Waals surface area (Å²) >= 11 is 7.39. The number of carbonyl (C=O) groups excluding carboxylic acids is 1. The SMILES string of the molecule is CCCCNC(=O)CSc1nnc(-c2ccccc2Cl)n1-c1cccc(C(F)(F)F)c1. The quantitative estimate of drug-likeness (QED) is 0.344. The maximum Gasteiger partial charge on any atom is 0.416 e. The zero-order valence-corrected chi connectivity index (χ0v) is 18.2. The van der Waals surface area contributed by atoms with Crippen LogP contribution in [0.5, 0.6) is 0 Å². The lowest BCUT2D eigenvalue weighted by molar-refractivity contribution is -0.137. The number of thioether (sulfide) groups is 1. The molecule has 1 heterocycles. The van der Waals surface area contributed by atoms with Crippen LogP contribution >= 0.6 is 23.4 Å². The summed E-state index contributed by atoms with van der Waals surface area (Å²) in [4.78, 5) is 12.1. The lowest BCUT2D eigenvalue weighted by Gasteiger charge is -2.13. The van der Waals surface area contributed by atoms with Crippen LogP contribution in [0.4, 0.5) is 13.2 Å². The predicted octanol–water partition coefficient (Wildman–Crippen LogP) is 5.61. The number of rotatable bonds is 8. The number of aromatic nitrogens is 3. The van der Waals surface area contributed by atoms with Gasteiger partial charge in [-0.15, -0.1) is 10.2 Å². The van der Waals surface area contributed by atoms with Gasteiger partial charge in [0.25, 0.3) is 0 Å². The summed E-state index contributed by atoms with van der Waals surface area (Å²) in [5.41, 5.74) is -0.0472. The average molecular weight is 469 g/mol.